The zero-order valence-corrected chi connectivity index (χ0v) is 10.2. The summed E-state index contributed by atoms with van der Waals surface area (Å²) in [7, 11) is 0. The smallest absolute Gasteiger partial charge is 0.354 e. The number of hydrogen-bond donors (Lipinski definition) is 2. The van der Waals surface area contributed by atoms with Gasteiger partial charge in [0.25, 0.3) is 5.91 Å². The molecule has 1 heterocycles. The molecule has 98 valence electrons. The molecule has 0 fully saturated rings. The van der Waals surface area contributed by atoms with Crippen molar-refractivity contribution in [3.63, 3.8) is 0 Å². The minimum atomic E-state index is -1.16. The van der Waals surface area contributed by atoms with Crippen molar-refractivity contribution in [3.8, 4) is 6.07 Å². The molecule has 2 N–H and O–H groups in total. The average molecular weight is 267 g/mol. The Kier molecular flexibility index (Phi) is 3.72. The summed E-state index contributed by atoms with van der Waals surface area (Å²) in [6.07, 6.45) is 1.17. The monoisotopic (exact) mass is 267 g/mol. The Balaban J connectivity index is 2.20. The van der Waals surface area contributed by atoms with Gasteiger partial charge in [-0.3, -0.25) is 4.79 Å². The molecule has 0 radical (unpaired) electrons. The van der Waals surface area contributed by atoms with Crippen molar-refractivity contribution >= 4 is 17.6 Å². The van der Waals surface area contributed by atoms with Crippen molar-refractivity contribution in [1.82, 2.24) is 4.98 Å². The molecule has 6 nitrogen and oxygen atoms in total. The van der Waals surface area contributed by atoms with Gasteiger partial charge in [-0.1, -0.05) is 12.1 Å². The standard InChI is InChI=1S/C14H9N3O3/c15-7-9-3-1-2-4-11(9)17-13(18)10-5-6-12(14(19)20)16-8-10/h1-6,8H,(H,17,18)(H,19,20). The Bertz CT molecular complexity index is 702. The van der Waals surface area contributed by atoms with Gasteiger partial charge in [0.15, 0.2) is 0 Å². The van der Waals surface area contributed by atoms with E-state index in [-0.39, 0.29) is 11.3 Å². The summed E-state index contributed by atoms with van der Waals surface area (Å²) >= 11 is 0. The zero-order valence-electron chi connectivity index (χ0n) is 10.2. The van der Waals surface area contributed by atoms with Crippen LogP contribution in [-0.2, 0) is 0 Å². The van der Waals surface area contributed by atoms with Gasteiger partial charge in [0.05, 0.1) is 16.8 Å². The van der Waals surface area contributed by atoms with E-state index >= 15 is 0 Å². The fourth-order valence-electron chi connectivity index (χ4n) is 1.54. The number of carboxylic acids is 1. The molecule has 2 aromatic rings. The number of anilines is 1. The van der Waals surface area contributed by atoms with Crippen LogP contribution < -0.4 is 5.32 Å². The third kappa shape index (κ3) is 2.79. The SMILES string of the molecule is N#Cc1ccccc1NC(=O)c1ccc(C(=O)O)nc1. The van der Waals surface area contributed by atoms with E-state index in [2.05, 4.69) is 10.3 Å². The Labute approximate surface area is 114 Å². The van der Waals surface area contributed by atoms with E-state index in [0.717, 1.165) is 0 Å². The molecule has 20 heavy (non-hydrogen) atoms. The minimum Gasteiger partial charge on any atom is -0.477 e. The molecule has 0 unspecified atom stereocenters. The van der Waals surface area contributed by atoms with Crippen LogP contribution in [0.25, 0.3) is 0 Å². The van der Waals surface area contributed by atoms with Gasteiger partial charge in [-0.15, -0.1) is 0 Å². The van der Waals surface area contributed by atoms with E-state index in [1.165, 1.54) is 18.3 Å². The van der Waals surface area contributed by atoms with Gasteiger partial charge >= 0.3 is 5.97 Å². The fourth-order valence-corrected chi connectivity index (χ4v) is 1.54. The van der Waals surface area contributed by atoms with Crippen molar-refractivity contribution < 1.29 is 14.7 Å². The van der Waals surface area contributed by atoms with Crippen LogP contribution in [0.4, 0.5) is 5.69 Å². The molecule has 0 aliphatic heterocycles. The molecule has 1 aromatic heterocycles. The molecular weight excluding hydrogens is 258 g/mol. The second kappa shape index (κ2) is 5.63. The molecule has 2 rings (SSSR count). The number of nitrogens with zero attached hydrogens (tertiary/aromatic N) is 2. The number of aromatic nitrogens is 1. The minimum absolute atomic E-state index is 0.140. The van der Waals surface area contributed by atoms with Crippen molar-refractivity contribution in [3.05, 3.63) is 59.4 Å². The predicted octanol–water partition coefficient (Wildman–Crippen LogP) is 1.90. The number of carboxylic acid groups (broad SMARTS) is 1. The summed E-state index contributed by atoms with van der Waals surface area (Å²) in [6.45, 7) is 0. The molecule has 0 saturated heterocycles. The number of benzene rings is 1. The highest BCUT2D eigenvalue weighted by molar-refractivity contribution is 6.05. The van der Waals surface area contributed by atoms with E-state index in [9.17, 15) is 9.59 Å². The summed E-state index contributed by atoms with van der Waals surface area (Å²) in [5.74, 6) is -1.62. The van der Waals surface area contributed by atoms with Crippen LogP contribution in [0, 0.1) is 11.3 Å². The number of amides is 1. The predicted molar refractivity (Wildman–Crippen MR) is 70.3 cm³/mol. The second-order valence-electron chi connectivity index (χ2n) is 3.85. The summed E-state index contributed by atoms with van der Waals surface area (Å²) in [6, 6.07) is 11.2. The summed E-state index contributed by atoms with van der Waals surface area (Å²) in [5.41, 5.74) is 0.806. The Hall–Kier alpha value is -3.20. The van der Waals surface area contributed by atoms with Crippen molar-refractivity contribution in [2.45, 2.75) is 0 Å². The van der Waals surface area contributed by atoms with E-state index in [0.29, 0.717) is 11.3 Å². The lowest BCUT2D eigenvalue weighted by Crippen LogP contribution is -2.13. The summed E-state index contributed by atoms with van der Waals surface area (Å²) < 4.78 is 0. The van der Waals surface area contributed by atoms with Gasteiger partial charge in [0.2, 0.25) is 0 Å². The van der Waals surface area contributed by atoms with Crippen LogP contribution in [0.15, 0.2) is 42.6 Å². The van der Waals surface area contributed by atoms with Crippen molar-refractivity contribution in [1.29, 1.82) is 5.26 Å². The first-order chi connectivity index (χ1) is 9.61. The molecule has 6 heteroatoms. The molecule has 0 spiro atoms. The van der Waals surface area contributed by atoms with E-state index < -0.39 is 11.9 Å². The zero-order chi connectivity index (χ0) is 14.5. The van der Waals surface area contributed by atoms with Crippen LogP contribution in [-0.4, -0.2) is 22.0 Å². The second-order valence-corrected chi connectivity index (χ2v) is 3.85. The van der Waals surface area contributed by atoms with Crippen molar-refractivity contribution in [2.24, 2.45) is 0 Å². The van der Waals surface area contributed by atoms with Crippen LogP contribution in [0.2, 0.25) is 0 Å². The van der Waals surface area contributed by atoms with E-state index in [1.54, 1.807) is 24.3 Å². The summed E-state index contributed by atoms with van der Waals surface area (Å²) in [4.78, 5) is 26.3. The van der Waals surface area contributed by atoms with Crippen LogP contribution in [0.5, 0.6) is 0 Å². The first-order valence-corrected chi connectivity index (χ1v) is 5.61. The molecule has 0 saturated carbocycles. The highest BCUT2D eigenvalue weighted by atomic mass is 16.4. The number of carbonyl (C=O) groups excluding carboxylic acids is 1. The van der Waals surface area contributed by atoms with Gasteiger partial charge in [-0.05, 0) is 24.3 Å². The normalized spacial score (nSPS) is 9.55. The van der Waals surface area contributed by atoms with Gasteiger partial charge in [-0.2, -0.15) is 5.26 Å². The maximum Gasteiger partial charge on any atom is 0.354 e. The van der Waals surface area contributed by atoms with Gasteiger partial charge < -0.3 is 10.4 Å². The molecule has 0 atom stereocenters. The van der Waals surface area contributed by atoms with E-state index in [1.807, 2.05) is 6.07 Å². The maximum absolute atomic E-state index is 12.0. The quantitative estimate of drug-likeness (QED) is 0.884. The Morgan fingerprint density at radius 2 is 1.95 bits per heavy atom. The van der Waals surface area contributed by atoms with Crippen molar-refractivity contribution in [2.75, 3.05) is 5.32 Å². The fraction of sp³-hybridized carbons (Fsp3) is 0. The number of pyridine rings is 1. The van der Waals surface area contributed by atoms with Gasteiger partial charge in [0, 0.05) is 6.20 Å². The number of para-hydroxylation sites is 1. The van der Waals surface area contributed by atoms with Gasteiger partial charge in [0.1, 0.15) is 11.8 Å². The number of carbonyl (C=O) groups is 2. The molecular formula is C14H9N3O3. The van der Waals surface area contributed by atoms with Crippen LogP contribution in [0.3, 0.4) is 0 Å². The third-order valence-electron chi connectivity index (χ3n) is 2.54. The topological polar surface area (TPSA) is 103 Å². The lowest BCUT2D eigenvalue weighted by Gasteiger charge is -2.06. The third-order valence-corrected chi connectivity index (χ3v) is 2.54. The number of aromatic carboxylic acids is 1. The van der Waals surface area contributed by atoms with E-state index in [4.69, 9.17) is 10.4 Å². The lowest BCUT2D eigenvalue weighted by atomic mass is 10.2. The number of rotatable bonds is 3. The molecule has 0 bridgehead atoms. The first kappa shape index (κ1) is 13.2. The summed E-state index contributed by atoms with van der Waals surface area (Å²) in [5, 5.41) is 20.2. The Morgan fingerprint density at radius 3 is 2.55 bits per heavy atom. The number of nitriles is 1. The first-order valence-electron chi connectivity index (χ1n) is 5.61. The molecule has 0 aliphatic rings. The molecule has 1 aromatic carbocycles. The van der Waals surface area contributed by atoms with Crippen LogP contribution >= 0.6 is 0 Å². The number of hydrogen-bond acceptors (Lipinski definition) is 4. The number of nitrogens with one attached hydrogen (secondary N) is 1. The van der Waals surface area contributed by atoms with Gasteiger partial charge in [-0.25, -0.2) is 9.78 Å². The highest BCUT2D eigenvalue weighted by Crippen LogP contribution is 2.14. The molecule has 0 aliphatic carbocycles. The molecule has 1 amide bonds. The largest absolute Gasteiger partial charge is 0.477 e. The maximum atomic E-state index is 12.0. The van der Waals surface area contributed by atoms with Crippen LogP contribution in [0.1, 0.15) is 26.4 Å². The highest BCUT2D eigenvalue weighted by Gasteiger charge is 2.11. The average Bonchev–Trinajstić information content (AvgIpc) is 2.48. The lowest BCUT2D eigenvalue weighted by molar-refractivity contribution is 0.0690. The Morgan fingerprint density at radius 1 is 1.20 bits per heavy atom.